The lowest BCUT2D eigenvalue weighted by molar-refractivity contribution is 0.0704. The number of esters is 3. The third kappa shape index (κ3) is 62.0. The number of nitrogens with zero attached hydrogens (tertiary/aromatic N) is 1. The van der Waals surface area contributed by atoms with E-state index >= 15 is 9.59 Å². The molecule has 4 aromatic carbocycles. The number of aliphatic imine (C=N–C) groups is 1. The largest absolute Gasteiger partial charge is 0.507 e. The van der Waals surface area contributed by atoms with Crippen LogP contribution in [0.2, 0.25) is 0 Å². The average Bonchev–Trinajstić information content (AvgIpc) is 0.809. The van der Waals surface area contributed by atoms with Crippen LogP contribution in [0.1, 0.15) is 547 Å². The summed E-state index contributed by atoms with van der Waals surface area (Å²) in [5, 5.41) is 14.5. The minimum atomic E-state index is -0.861. The Balaban J connectivity index is 1.79. The normalized spacial score (nSPS) is 11.5. The summed E-state index contributed by atoms with van der Waals surface area (Å²) in [4.78, 5) is 49.9. The molecule has 0 amide bonds. The molecule has 748 valence electrons. The van der Waals surface area contributed by atoms with Crippen molar-refractivity contribution in [2.45, 2.75) is 511 Å². The zero-order valence-electron chi connectivity index (χ0n) is 85.4. The van der Waals surface area contributed by atoms with Gasteiger partial charge in [0.1, 0.15) is 23.0 Å². The van der Waals surface area contributed by atoms with Crippen LogP contribution >= 0.6 is 0 Å². The van der Waals surface area contributed by atoms with Crippen LogP contribution in [0.5, 0.6) is 57.5 Å². The number of hydrogen-bond acceptors (Lipinski definition) is 15. The highest BCUT2D eigenvalue weighted by atomic mass is 16.6. The van der Waals surface area contributed by atoms with Crippen molar-refractivity contribution in [1.82, 2.24) is 5.32 Å². The molecule has 4 aromatic rings. The Morgan fingerprint density at radius 3 is 0.702 bits per heavy atom. The standard InChI is InChI=1S/C116H196N2O13/c1-8-15-21-27-33-39-45-51-57-63-69-75-85-123-108-93-102(94-109(124-86-76-70-64-58-52-46-40-34-28-22-16-9-2)112(108)127-89-79-73-67-61-55-49-43-37-31-25-19-12-5)115(121)130-105-91-101(114(120)129-104-82-81-100(107(119)98-104)99-118-84-83-117-14-7)92-106(97-105)131-116(122)103-95-110(125-87-77-71-65-59-53-47-41-35-29-23-17-10-3)113(128-90-80-74-68-62-56-50-44-38-32-26-20-13-6)111(96-103)126-88-78-72-66-60-54-48-42-36-30-24-18-11-4/h81-82,91-99,117,119H,8-80,83-90H2,1-7H3. The van der Waals surface area contributed by atoms with Gasteiger partial charge in [-0.15, -0.1) is 0 Å². The molecule has 2 N–H and O–H groups in total. The maximum Gasteiger partial charge on any atom is 0.343 e. The van der Waals surface area contributed by atoms with E-state index in [-0.39, 0.29) is 39.7 Å². The zero-order chi connectivity index (χ0) is 93.6. The lowest BCUT2D eigenvalue weighted by Gasteiger charge is -2.19. The molecule has 0 saturated heterocycles. The van der Waals surface area contributed by atoms with Gasteiger partial charge in [0, 0.05) is 30.5 Å². The topological polar surface area (TPSA) is 179 Å². The summed E-state index contributed by atoms with van der Waals surface area (Å²) in [7, 11) is 0. The van der Waals surface area contributed by atoms with Crippen molar-refractivity contribution in [2.24, 2.45) is 4.99 Å². The van der Waals surface area contributed by atoms with Gasteiger partial charge < -0.3 is 53.1 Å². The number of aromatic hydroxyl groups is 1. The van der Waals surface area contributed by atoms with E-state index in [4.69, 9.17) is 42.6 Å². The van der Waals surface area contributed by atoms with Crippen LogP contribution in [0.3, 0.4) is 0 Å². The molecule has 0 heterocycles. The zero-order valence-corrected chi connectivity index (χ0v) is 85.4. The first kappa shape index (κ1) is 117. The summed E-state index contributed by atoms with van der Waals surface area (Å²) < 4.78 is 59.6. The smallest absolute Gasteiger partial charge is 0.343 e. The molecule has 15 heteroatoms. The van der Waals surface area contributed by atoms with Crippen molar-refractivity contribution in [1.29, 1.82) is 0 Å². The van der Waals surface area contributed by atoms with Gasteiger partial charge in [-0.1, -0.05) is 472 Å². The van der Waals surface area contributed by atoms with Gasteiger partial charge in [-0.3, -0.25) is 4.99 Å². The Morgan fingerprint density at radius 2 is 0.473 bits per heavy atom. The molecular formula is C116H196N2O13. The summed E-state index contributed by atoms with van der Waals surface area (Å²) in [5.41, 5.74) is 0.662. The van der Waals surface area contributed by atoms with E-state index in [1.165, 1.54) is 371 Å². The van der Waals surface area contributed by atoms with Gasteiger partial charge in [-0.05, 0) is 93.6 Å². The number of nitrogens with one attached hydrogen (secondary N) is 1. The average molecular weight is 1830 g/mol. The van der Waals surface area contributed by atoms with Crippen LogP contribution in [0.25, 0.3) is 0 Å². The first-order valence-electron chi connectivity index (χ1n) is 55.6. The van der Waals surface area contributed by atoms with Gasteiger partial charge in [-0.2, -0.15) is 0 Å². The van der Waals surface area contributed by atoms with E-state index in [0.717, 1.165) is 122 Å². The number of phenols is 1. The van der Waals surface area contributed by atoms with E-state index in [1.807, 2.05) is 6.92 Å². The Morgan fingerprint density at radius 1 is 0.260 bits per heavy atom. The molecule has 0 radical (unpaired) electrons. The van der Waals surface area contributed by atoms with Gasteiger partial charge in [-0.25, -0.2) is 14.4 Å². The highest BCUT2D eigenvalue weighted by Gasteiger charge is 2.26. The van der Waals surface area contributed by atoms with Gasteiger partial charge in [0.2, 0.25) is 11.5 Å². The molecule has 0 aliphatic heterocycles. The van der Waals surface area contributed by atoms with Crippen LogP contribution in [0.15, 0.2) is 65.7 Å². The molecule has 15 nitrogen and oxygen atoms in total. The Hall–Kier alpha value is -6.48. The van der Waals surface area contributed by atoms with Gasteiger partial charge >= 0.3 is 17.9 Å². The van der Waals surface area contributed by atoms with Crippen molar-refractivity contribution in [2.75, 3.05) is 59.3 Å². The first-order valence-corrected chi connectivity index (χ1v) is 55.6. The SMILES string of the molecule is CCCCCCCCCCCCCCOc1cc(C(=O)Oc2cc(OC(=O)c3cc(OCCCCCCCCCCCCCC)c(OCCCCCCCCCCCCCC)c(OCCCCCCCCCCCCCC)c3)cc(C(=O)Oc3ccc(C=NCCNCC)c(O)c3)c2)cc(OCCCCCCCCCCCCCC)c1OCCCCCCCCCCCCCC. The van der Waals surface area contributed by atoms with Crippen molar-refractivity contribution < 1.29 is 62.1 Å². The van der Waals surface area contributed by atoms with E-state index in [0.29, 0.717) is 92.8 Å². The fourth-order valence-electron chi connectivity index (χ4n) is 17.3. The van der Waals surface area contributed by atoms with E-state index in [9.17, 15) is 9.90 Å². The number of benzene rings is 4. The van der Waals surface area contributed by atoms with Gasteiger partial charge in [0.25, 0.3) is 0 Å². The lowest BCUT2D eigenvalue weighted by Crippen LogP contribution is -2.16. The molecule has 0 aliphatic carbocycles. The van der Waals surface area contributed by atoms with Crippen LogP contribution in [0, 0.1) is 0 Å². The Bertz CT molecular complexity index is 3110. The van der Waals surface area contributed by atoms with E-state index in [1.54, 1.807) is 42.6 Å². The van der Waals surface area contributed by atoms with Crippen LogP contribution in [-0.2, 0) is 0 Å². The molecule has 0 unspecified atom stereocenters. The lowest BCUT2D eigenvalue weighted by atomic mass is 10.1. The number of rotatable bonds is 95. The second-order valence-electron chi connectivity index (χ2n) is 38.0. The Labute approximate surface area is 802 Å². The van der Waals surface area contributed by atoms with Crippen LogP contribution < -0.4 is 47.9 Å². The quantitative estimate of drug-likeness (QED) is 0.0185. The summed E-state index contributed by atoms with van der Waals surface area (Å²) in [6.07, 6.45) is 89.4. The number of unbranched alkanes of at least 4 members (excludes halogenated alkanes) is 66. The molecule has 0 aliphatic rings. The highest BCUT2D eigenvalue weighted by molar-refractivity contribution is 5.96. The summed E-state index contributed by atoms with van der Waals surface area (Å²) >= 11 is 0. The Kier molecular flexibility index (Phi) is 76.0. The van der Waals surface area contributed by atoms with E-state index in [2.05, 4.69) is 51.9 Å². The molecule has 0 atom stereocenters. The minimum absolute atomic E-state index is 0.0552. The molecule has 0 saturated carbocycles. The van der Waals surface area contributed by atoms with Crippen molar-refractivity contribution in [3.05, 3.63) is 82.9 Å². The van der Waals surface area contributed by atoms with Crippen LogP contribution in [0.4, 0.5) is 0 Å². The minimum Gasteiger partial charge on any atom is -0.507 e. The number of carbonyl (C=O) groups excluding carboxylic acids is 3. The second kappa shape index (κ2) is 85.2. The first-order chi connectivity index (χ1) is 64.6. The predicted molar refractivity (Wildman–Crippen MR) is 553 cm³/mol. The van der Waals surface area contributed by atoms with Crippen molar-refractivity contribution in [3.8, 4) is 57.5 Å². The molecule has 0 fully saturated rings. The van der Waals surface area contributed by atoms with Gasteiger partial charge in [0.15, 0.2) is 23.0 Å². The highest BCUT2D eigenvalue weighted by Crippen LogP contribution is 2.43. The van der Waals surface area contributed by atoms with Gasteiger partial charge in [0.05, 0.1) is 62.9 Å². The number of hydrogen-bond donors (Lipinski definition) is 2. The van der Waals surface area contributed by atoms with Crippen LogP contribution in [-0.4, -0.2) is 88.5 Å². The molecule has 0 aromatic heterocycles. The van der Waals surface area contributed by atoms with Crippen molar-refractivity contribution in [3.63, 3.8) is 0 Å². The summed E-state index contributed by atoms with van der Waals surface area (Å²) in [6.45, 7) is 20.3. The molecule has 0 spiro atoms. The fraction of sp³-hybridized carbons (Fsp3) is 0.759. The predicted octanol–water partition coefficient (Wildman–Crippen LogP) is 35.6. The molecule has 131 heavy (non-hydrogen) atoms. The summed E-state index contributed by atoms with van der Waals surface area (Å²) in [6, 6.07) is 15.6. The molecular weight excluding hydrogens is 1630 g/mol. The monoisotopic (exact) mass is 1830 g/mol. The third-order valence-corrected chi connectivity index (χ3v) is 25.7. The number of likely N-dealkylation sites (N-methyl/N-ethyl adjacent to an activating group) is 1. The van der Waals surface area contributed by atoms with E-state index < -0.39 is 17.9 Å². The third-order valence-electron chi connectivity index (χ3n) is 25.7. The number of ether oxygens (including phenoxy) is 9. The molecule has 4 rings (SSSR count). The number of phenolic OH excluding ortho intramolecular Hbond substituents is 1. The maximum atomic E-state index is 15.3. The van der Waals surface area contributed by atoms with Crippen molar-refractivity contribution >= 4 is 24.1 Å². The molecule has 0 bridgehead atoms. The number of carbonyl (C=O) groups is 3. The summed E-state index contributed by atoms with van der Waals surface area (Å²) in [5.74, 6) is -0.0710. The maximum absolute atomic E-state index is 15.3. The fourth-order valence-corrected chi connectivity index (χ4v) is 17.3. The second-order valence-corrected chi connectivity index (χ2v) is 38.0.